The molecule has 0 aromatic heterocycles. The third-order valence-corrected chi connectivity index (χ3v) is 5.08. The molecule has 2 heterocycles. The fraction of sp³-hybridized carbons (Fsp3) is 0.316. The van der Waals surface area contributed by atoms with E-state index >= 15 is 0 Å². The minimum atomic E-state index is -0.216. The van der Waals surface area contributed by atoms with Crippen LogP contribution in [0.15, 0.2) is 60.7 Å². The second kappa shape index (κ2) is 6.36. The van der Waals surface area contributed by atoms with Crippen molar-refractivity contribution in [2.24, 2.45) is 11.7 Å². The Kier molecular flexibility index (Phi) is 4.06. The fourth-order valence-electron chi connectivity index (χ4n) is 4.09. The lowest BCUT2D eigenvalue weighted by molar-refractivity contribution is -0.130. The third kappa shape index (κ3) is 2.41. The van der Waals surface area contributed by atoms with Gasteiger partial charge in [0, 0.05) is 19.0 Å². The molecule has 0 radical (unpaired) electrons. The normalized spacial score (nSPS) is 29.0. The van der Waals surface area contributed by atoms with Gasteiger partial charge in [-0.05, 0) is 11.1 Å². The van der Waals surface area contributed by atoms with E-state index in [1.165, 1.54) is 11.1 Å². The standard InChI is InChI=1S/C19H22N4O/c20-11-12-23-18(14-9-5-2-6-10-14)15-16(13-7-3-1-4-8-13)21-22-17(15)19(23)24/h1-10,15-18,21-22H,11-12,20H2. The summed E-state index contributed by atoms with van der Waals surface area (Å²) >= 11 is 0. The maximum atomic E-state index is 12.9. The molecule has 4 rings (SSSR count). The SMILES string of the molecule is NCCN1C(=O)C2NNC(c3ccccc3)C2C1c1ccccc1. The first-order valence-corrected chi connectivity index (χ1v) is 8.43. The van der Waals surface area contributed by atoms with Crippen molar-refractivity contribution in [1.82, 2.24) is 15.8 Å². The summed E-state index contributed by atoms with van der Waals surface area (Å²) in [6.45, 7) is 1.05. The molecule has 2 aliphatic rings. The Morgan fingerprint density at radius 1 is 0.875 bits per heavy atom. The van der Waals surface area contributed by atoms with Crippen LogP contribution in [-0.4, -0.2) is 29.9 Å². The molecule has 5 nitrogen and oxygen atoms in total. The van der Waals surface area contributed by atoms with E-state index in [2.05, 4.69) is 35.1 Å². The summed E-state index contributed by atoms with van der Waals surface area (Å²) in [4.78, 5) is 14.8. The van der Waals surface area contributed by atoms with Gasteiger partial charge in [-0.2, -0.15) is 0 Å². The van der Waals surface area contributed by atoms with Crippen LogP contribution in [0.5, 0.6) is 0 Å². The van der Waals surface area contributed by atoms with Crippen LogP contribution < -0.4 is 16.6 Å². The molecule has 124 valence electrons. The zero-order valence-corrected chi connectivity index (χ0v) is 13.4. The van der Waals surface area contributed by atoms with Gasteiger partial charge in [0.2, 0.25) is 5.91 Å². The molecule has 2 aliphatic heterocycles. The van der Waals surface area contributed by atoms with Crippen LogP contribution in [0.3, 0.4) is 0 Å². The smallest absolute Gasteiger partial charge is 0.242 e. The molecule has 2 aromatic rings. The average molecular weight is 322 g/mol. The molecule has 0 aliphatic carbocycles. The van der Waals surface area contributed by atoms with Crippen LogP contribution in [0.4, 0.5) is 0 Å². The Hall–Kier alpha value is -2.21. The number of hydrogen-bond acceptors (Lipinski definition) is 4. The van der Waals surface area contributed by atoms with Gasteiger partial charge in [-0.15, -0.1) is 0 Å². The Morgan fingerprint density at radius 2 is 1.46 bits per heavy atom. The lowest BCUT2D eigenvalue weighted by Crippen LogP contribution is -2.42. The van der Waals surface area contributed by atoms with E-state index in [0.717, 1.165) is 0 Å². The van der Waals surface area contributed by atoms with Gasteiger partial charge in [0.1, 0.15) is 6.04 Å². The fourth-order valence-corrected chi connectivity index (χ4v) is 4.09. The highest BCUT2D eigenvalue weighted by Gasteiger charge is 2.55. The van der Waals surface area contributed by atoms with Gasteiger partial charge in [-0.25, -0.2) is 10.9 Å². The number of carbonyl (C=O) groups is 1. The van der Waals surface area contributed by atoms with E-state index in [9.17, 15) is 4.79 Å². The number of hydrogen-bond donors (Lipinski definition) is 3. The monoisotopic (exact) mass is 322 g/mol. The van der Waals surface area contributed by atoms with E-state index in [1.807, 2.05) is 41.3 Å². The van der Waals surface area contributed by atoms with Gasteiger partial charge in [0.05, 0.1) is 12.1 Å². The van der Waals surface area contributed by atoms with Crippen molar-refractivity contribution >= 4 is 5.91 Å². The third-order valence-electron chi connectivity index (χ3n) is 5.08. The molecule has 5 heteroatoms. The van der Waals surface area contributed by atoms with Crippen molar-refractivity contribution in [2.75, 3.05) is 13.1 Å². The maximum absolute atomic E-state index is 12.9. The largest absolute Gasteiger partial charge is 0.333 e. The molecule has 4 unspecified atom stereocenters. The predicted molar refractivity (Wildman–Crippen MR) is 92.7 cm³/mol. The number of nitrogens with one attached hydrogen (secondary N) is 2. The van der Waals surface area contributed by atoms with Gasteiger partial charge >= 0.3 is 0 Å². The van der Waals surface area contributed by atoms with Crippen molar-refractivity contribution in [2.45, 2.75) is 18.1 Å². The van der Waals surface area contributed by atoms with E-state index < -0.39 is 0 Å². The molecule has 0 bridgehead atoms. The first kappa shape index (κ1) is 15.3. The lowest BCUT2D eigenvalue weighted by atomic mass is 9.83. The Labute approximate surface area is 141 Å². The molecule has 4 N–H and O–H groups in total. The zero-order valence-electron chi connectivity index (χ0n) is 13.4. The van der Waals surface area contributed by atoms with E-state index in [-0.39, 0.29) is 30.0 Å². The minimum Gasteiger partial charge on any atom is -0.333 e. The number of carbonyl (C=O) groups excluding carboxylic acids is 1. The van der Waals surface area contributed by atoms with Crippen LogP contribution in [0, 0.1) is 5.92 Å². The highest BCUT2D eigenvalue weighted by molar-refractivity contribution is 5.86. The van der Waals surface area contributed by atoms with Crippen molar-refractivity contribution in [3.8, 4) is 0 Å². The molecular formula is C19H22N4O. The average Bonchev–Trinajstić information content (AvgIpc) is 3.17. The van der Waals surface area contributed by atoms with E-state index in [0.29, 0.717) is 13.1 Å². The molecule has 2 aromatic carbocycles. The van der Waals surface area contributed by atoms with Gasteiger partial charge in [-0.1, -0.05) is 60.7 Å². The number of likely N-dealkylation sites (tertiary alicyclic amines) is 1. The number of rotatable bonds is 4. The number of hydrazine groups is 1. The number of nitrogens with two attached hydrogens (primary N) is 1. The molecule has 0 saturated carbocycles. The summed E-state index contributed by atoms with van der Waals surface area (Å²) in [5.74, 6) is 0.263. The maximum Gasteiger partial charge on any atom is 0.242 e. The summed E-state index contributed by atoms with van der Waals surface area (Å²) in [5, 5.41) is 0. The van der Waals surface area contributed by atoms with Crippen molar-refractivity contribution in [1.29, 1.82) is 0 Å². The second-order valence-electron chi connectivity index (χ2n) is 6.41. The second-order valence-corrected chi connectivity index (χ2v) is 6.41. The predicted octanol–water partition coefficient (Wildman–Crippen LogP) is 1.36. The van der Waals surface area contributed by atoms with Crippen LogP contribution in [0.25, 0.3) is 0 Å². The summed E-state index contributed by atoms with van der Waals surface area (Å²) < 4.78 is 0. The zero-order chi connectivity index (χ0) is 16.5. The summed E-state index contributed by atoms with van der Waals surface area (Å²) in [5.41, 5.74) is 14.7. The number of amides is 1. The first-order valence-electron chi connectivity index (χ1n) is 8.43. The van der Waals surface area contributed by atoms with Crippen LogP contribution in [-0.2, 0) is 4.79 Å². The molecule has 24 heavy (non-hydrogen) atoms. The quantitative estimate of drug-likeness (QED) is 0.795. The van der Waals surface area contributed by atoms with Crippen molar-refractivity contribution in [3.05, 3.63) is 71.8 Å². The Balaban J connectivity index is 1.76. The van der Waals surface area contributed by atoms with Crippen molar-refractivity contribution in [3.63, 3.8) is 0 Å². The molecule has 0 spiro atoms. The van der Waals surface area contributed by atoms with Gasteiger partial charge in [0.25, 0.3) is 0 Å². The highest BCUT2D eigenvalue weighted by Crippen LogP contribution is 2.46. The van der Waals surface area contributed by atoms with Crippen molar-refractivity contribution < 1.29 is 4.79 Å². The number of benzene rings is 2. The summed E-state index contributed by atoms with van der Waals surface area (Å²) in [7, 11) is 0. The molecule has 2 fully saturated rings. The number of nitrogens with zero attached hydrogens (tertiary/aromatic N) is 1. The lowest BCUT2D eigenvalue weighted by Gasteiger charge is -2.31. The highest BCUT2D eigenvalue weighted by atomic mass is 16.2. The van der Waals surface area contributed by atoms with Crippen LogP contribution >= 0.6 is 0 Å². The summed E-state index contributed by atoms with van der Waals surface area (Å²) in [6.07, 6.45) is 0. The first-order chi connectivity index (χ1) is 11.8. The van der Waals surface area contributed by atoms with Crippen LogP contribution in [0.2, 0.25) is 0 Å². The van der Waals surface area contributed by atoms with E-state index in [4.69, 9.17) is 5.73 Å². The number of fused-ring (bicyclic) bond motifs is 1. The van der Waals surface area contributed by atoms with Gasteiger partial charge in [0.15, 0.2) is 0 Å². The minimum absolute atomic E-state index is 0.0277. The molecular weight excluding hydrogens is 300 g/mol. The topological polar surface area (TPSA) is 70.4 Å². The van der Waals surface area contributed by atoms with Gasteiger partial charge < -0.3 is 10.6 Å². The van der Waals surface area contributed by atoms with E-state index in [1.54, 1.807) is 0 Å². The Bertz CT molecular complexity index is 706. The van der Waals surface area contributed by atoms with Gasteiger partial charge in [-0.3, -0.25) is 4.79 Å². The molecule has 1 amide bonds. The Morgan fingerprint density at radius 3 is 2.08 bits per heavy atom. The molecule has 4 atom stereocenters. The summed E-state index contributed by atoms with van der Waals surface area (Å²) in [6, 6.07) is 20.5. The molecule has 2 saturated heterocycles. The van der Waals surface area contributed by atoms with Crippen LogP contribution in [0.1, 0.15) is 23.2 Å².